The molecule has 0 aliphatic rings. The summed E-state index contributed by atoms with van der Waals surface area (Å²) in [4.78, 5) is 10.7. The predicted octanol–water partition coefficient (Wildman–Crippen LogP) is 0.771. The molecule has 3 N–H and O–H groups in total. The zero-order chi connectivity index (χ0) is 10.6. The van der Waals surface area contributed by atoms with Gasteiger partial charge in [0.1, 0.15) is 11.8 Å². The first kappa shape index (κ1) is 10.5. The highest BCUT2D eigenvalue weighted by atomic mass is 16.4. The summed E-state index contributed by atoms with van der Waals surface area (Å²) in [6.07, 6.45) is 0.326. The van der Waals surface area contributed by atoms with E-state index < -0.39 is 5.97 Å². The fourth-order valence-corrected chi connectivity index (χ4v) is 1.09. The lowest BCUT2D eigenvalue weighted by atomic mass is 10.1. The van der Waals surface area contributed by atoms with Crippen LogP contribution in [0.1, 0.15) is 5.56 Å². The van der Waals surface area contributed by atoms with Crippen molar-refractivity contribution in [2.24, 2.45) is 0 Å². The molecule has 4 nitrogen and oxygen atoms in total. The predicted molar refractivity (Wildman–Crippen MR) is 51.7 cm³/mol. The average molecular weight is 194 g/mol. The summed E-state index contributed by atoms with van der Waals surface area (Å²) in [6.45, 7) is 0. The van der Waals surface area contributed by atoms with Crippen molar-refractivity contribution in [3.63, 3.8) is 0 Å². The van der Waals surface area contributed by atoms with Crippen LogP contribution in [0, 0.1) is 6.04 Å². The van der Waals surface area contributed by atoms with Gasteiger partial charge in [-0.15, -0.1) is 0 Å². The highest BCUT2D eigenvalue weighted by molar-refractivity contribution is 5.82. The molecule has 0 heterocycles. The third-order valence-corrected chi connectivity index (χ3v) is 1.88. The van der Waals surface area contributed by atoms with E-state index in [1.54, 1.807) is 19.2 Å². The molecule has 1 aromatic carbocycles. The first-order chi connectivity index (χ1) is 6.63. The molecule has 0 aromatic heterocycles. The van der Waals surface area contributed by atoms with Crippen LogP contribution in [0.4, 0.5) is 0 Å². The number of nitrogens with one attached hydrogen (secondary N) is 1. The SMILES string of the molecule is CN[C](Cc1ccc(O)cc1)C(=O)O. The Bertz CT molecular complexity index is 308. The molecule has 1 aromatic rings. The van der Waals surface area contributed by atoms with E-state index in [9.17, 15) is 4.79 Å². The van der Waals surface area contributed by atoms with Gasteiger partial charge in [0.15, 0.2) is 0 Å². The van der Waals surface area contributed by atoms with Crippen LogP contribution in [0.15, 0.2) is 24.3 Å². The molecule has 14 heavy (non-hydrogen) atoms. The first-order valence-electron chi connectivity index (χ1n) is 4.18. The van der Waals surface area contributed by atoms with Crippen LogP contribution < -0.4 is 5.32 Å². The monoisotopic (exact) mass is 194 g/mol. The van der Waals surface area contributed by atoms with E-state index in [0.717, 1.165) is 5.56 Å². The third-order valence-electron chi connectivity index (χ3n) is 1.88. The number of hydrogen-bond acceptors (Lipinski definition) is 3. The summed E-state index contributed by atoms with van der Waals surface area (Å²) in [7, 11) is 1.57. The third kappa shape index (κ3) is 2.74. The number of carboxylic acid groups (broad SMARTS) is 1. The highest BCUT2D eigenvalue weighted by Gasteiger charge is 2.16. The lowest BCUT2D eigenvalue weighted by Crippen LogP contribution is -2.26. The number of likely N-dealkylation sites (N-methyl/N-ethyl adjacent to an activating group) is 1. The molecule has 0 saturated carbocycles. The molecule has 1 rings (SSSR count). The molecule has 0 aliphatic heterocycles. The Kier molecular flexibility index (Phi) is 3.48. The lowest BCUT2D eigenvalue weighted by Gasteiger charge is -2.09. The van der Waals surface area contributed by atoms with Gasteiger partial charge in [0, 0.05) is 6.42 Å². The van der Waals surface area contributed by atoms with Gasteiger partial charge in [-0.1, -0.05) is 12.1 Å². The molecule has 0 aliphatic carbocycles. The van der Waals surface area contributed by atoms with Gasteiger partial charge in [-0.2, -0.15) is 0 Å². The summed E-state index contributed by atoms with van der Waals surface area (Å²) in [5.74, 6) is -0.782. The number of rotatable bonds is 4. The average Bonchev–Trinajstić information content (AvgIpc) is 2.16. The summed E-state index contributed by atoms with van der Waals surface area (Å²) in [5.41, 5.74) is 0.842. The maximum Gasteiger partial charge on any atom is 0.326 e. The molecular formula is C10H12NO3. The smallest absolute Gasteiger partial charge is 0.326 e. The minimum atomic E-state index is -0.958. The first-order valence-corrected chi connectivity index (χ1v) is 4.18. The standard InChI is InChI=1S/C10H12NO3/c1-11-9(10(13)14)6-7-2-4-8(12)5-3-7/h2-5,11-12H,6H2,1H3,(H,13,14). The van der Waals surface area contributed by atoms with Crippen molar-refractivity contribution in [1.82, 2.24) is 5.32 Å². The van der Waals surface area contributed by atoms with Crippen molar-refractivity contribution >= 4 is 5.97 Å². The van der Waals surface area contributed by atoms with Gasteiger partial charge < -0.3 is 15.5 Å². The molecule has 75 valence electrons. The van der Waals surface area contributed by atoms with Crippen molar-refractivity contribution < 1.29 is 15.0 Å². The van der Waals surface area contributed by atoms with Gasteiger partial charge in [-0.3, -0.25) is 4.79 Å². The second kappa shape index (κ2) is 4.62. The van der Waals surface area contributed by atoms with Crippen molar-refractivity contribution in [3.8, 4) is 5.75 Å². The lowest BCUT2D eigenvalue weighted by molar-refractivity contribution is -0.135. The quantitative estimate of drug-likeness (QED) is 0.662. The van der Waals surface area contributed by atoms with Gasteiger partial charge in [-0.05, 0) is 24.7 Å². The zero-order valence-corrected chi connectivity index (χ0v) is 7.82. The number of aliphatic carboxylic acids is 1. The van der Waals surface area contributed by atoms with Crippen LogP contribution in [0.2, 0.25) is 0 Å². The Morgan fingerprint density at radius 2 is 1.93 bits per heavy atom. The van der Waals surface area contributed by atoms with Crippen molar-refractivity contribution in [3.05, 3.63) is 35.9 Å². The molecule has 0 spiro atoms. The van der Waals surface area contributed by atoms with E-state index in [4.69, 9.17) is 10.2 Å². The van der Waals surface area contributed by atoms with E-state index in [1.165, 1.54) is 12.1 Å². The van der Waals surface area contributed by atoms with E-state index in [0.29, 0.717) is 6.42 Å². The second-order valence-electron chi connectivity index (χ2n) is 2.88. The molecule has 4 heteroatoms. The topological polar surface area (TPSA) is 69.6 Å². The van der Waals surface area contributed by atoms with Crippen molar-refractivity contribution in [1.29, 1.82) is 0 Å². The summed E-state index contributed by atoms with van der Waals surface area (Å²) in [6, 6.07) is 6.68. The van der Waals surface area contributed by atoms with Crippen LogP contribution in [0.25, 0.3) is 0 Å². The van der Waals surface area contributed by atoms with Crippen LogP contribution in [-0.2, 0) is 11.2 Å². The molecule has 0 bridgehead atoms. The minimum absolute atomic E-state index is 0.176. The molecule has 1 radical (unpaired) electrons. The van der Waals surface area contributed by atoms with Gasteiger partial charge in [0.05, 0.1) is 0 Å². The molecule has 0 amide bonds. The van der Waals surface area contributed by atoms with Crippen molar-refractivity contribution in [2.75, 3.05) is 7.05 Å². The maximum absolute atomic E-state index is 10.7. The highest BCUT2D eigenvalue weighted by Crippen LogP contribution is 2.13. The number of phenolic OH excluding ortho intramolecular Hbond substituents is 1. The number of carboxylic acids is 1. The Labute approximate surface area is 82.2 Å². The van der Waals surface area contributed by atoms with Crippen LogP contribution in [0.5, 0.6) is 5.75 Å². The van der Waals surface area contributed by atoms with E-state index in [2.05, 4.69) is 5.32 Å². The van der Waals surface area contributed by atoms with Gasteiger partial charge in [-0.25, -0.2) is 0 Å². The molecular weight excluding hydrogens is 182 g/mol. The molecule has 0 saturated heterocycles. The van der Waals surface area contributed by atoms with Gasteiger partial charge >= 0.3 is 5.97 Å². The molecule has 0 atom stereocenters. The number of phenols is 1. The fourth-order valence-electron chi connectivity index (χ4n) is 1.09. The van der Waals surface area contributed by atoms with Gasteiger partial charge in [0.25, 0.3) is 0 Å². The Balaban J connectivity index is 2.67. The summed E-state index contributed by atoms with van der Waals surface area (Å²) >= 11 is 0. The molecule has 0 unspecified atom stereocenters. The van der Waals surface area contributed by atoms with E-state index in [-0.39, 0.29) is 11.8 Å². The molecule has 0 fully saturated rings. The summed E-state index contributed by atoms with van der Waals surface area (Å²) in [5, 5.41) is 20.4. The maximum atomic E-state index is 10.7. The number of benzene rings is 1. The zero-order valence-electron chi connectivity index (χ0n) is 7.82. The van der Waals surface area contributed by atoms with Crippen LogP contribution in [-0.4, -0.2) is 23.2 Å². The van der Waals surface area contributed by atoms with E-state index in [1.807, 2.05) is 0 Å². The Hall–Kier alpha value is -1.55. The Morgan fingerprint density at radius 3 is 2.36 bits per heavy atom. The van der Waals surface area contributed by atoms with Crippen LogP contribution in [0.3, 0.4) is 0 Å². The number of hydrogen-bond donors (Lipinski definition) is 3. The second-order valence-corrected chi connectivity index (χ2v) is 2.88. The summed E-state index contributed by atoms with van der Waals surface area (Å²) < 4.78 is 0. The van der Waals surface area contributed by atoms with E-state index >= 15 is 0 Å². The number of aromatic hydroxyl groups is 1. The number of carbonyl (C=O) groups is 1. The van der Waals surface area contributed by atoms with Crippen molar-refractivity contribution in [2.45, 2.75) is 6.42 Å². The van der Waals surface area contributed by atoms with Gasteiger partial charge in [0.2, 0.25) is 0 Å². The largest absolute Gasteiger partial charge is 0.508 e. The Morgan fingerprint density at radius 1 is 1.36 bits per heavy atom. The minimum Gasteiger partial charge on any atom is -0.508 e. The fraction of sp³-hybridized carbons (Fsp3) is 0.200. The normalized spacial score (nSPS) is 10.4. The van der Waals surface area contributed by atoms with Crippen LogP contribution >= 0.6 is 0 Å².